The number of benzene rings is 1. The number of rotatable bonds is 4. The van der Waals surface area contributed by atoms with E-state index in [-0.39, 0.29) is 17.3 Å². The molecule has 1 aliphatic rings. The van der Waals surface area contributed by atoms with Crippen LogP contribution in [0.2, 0.25) is 0 Å². The summed E-state index contributed by atoms with van der Waals surface area (Å²) in [6, 6.07) is 5.81. The third kappa shape index (κ3) is 3.52. The largest absolute Gasteiger partial charge is 0.390 e. The number of halogens is 1. The minimum atomic E-state index is -3.17. The smallest absolute Gasteiger partial charge is 0.154 e. The van der Waals surface area contributed by atoms with E-state index in [1.807, 2.05) is 11.8 Å². The molecule has 0 spiro atoms. The maximum atomic E-state index is 13.1. The fourth-order valence-electron chi connectivity index (χ4n) is 2.49. The molecule has 19 heavy (non-hydrogen) atoms. The lowest BCUT2D eigenvalue weighted by molar-refractivity contribution is 0.0818. The number of aliphatic hydroxyl groups is 1. The van der Waals surface area contributed by atoms with Gasteiger partial charge in [-0.2, -0.15) is 0 Å². The lowest BCUT2D eigenvalue weighted by Gasteiger charge is -2.28. The first-order valence-corrected chi connectivity index (χ1v) is 8.10. The molecule has 0 unspecified atom stereocenters. The summed E-state index contributed by atoms with van der Waals surface area (Å²) in [5.74, 6) is -0.526. The molecule has 6 heteroatoms. The summed E-state index contributed by atoms with van der Waals surface area (Å²) in [7, 11) is -3.17. The quantitative estimate of drug-likeness (QED) is 0.890. The van der Waals surface area contributed by atoms with Gasteiger partial charge in [0.1, 0.15) is 5.82 Å². The van der Waals surface area contributed by atoms with E-state index in [1.165, 1.54) is 12.1 Å². The van der Waals surface area contributed by atoms with Gasteiger partial charge in [0.15, 0.2) is 9.84 Å². The van der Waals surface area contributed by atoms with Gasteiger partial charge in [0.2, 0.25) is 0 Å². The lowest BCUT2D eigenvalue weighted by atomic mass is 10.1. The highest BCUT2D eigenvalue weighted by Crippen LogP contribution is 2.20. The Balaban J connectivity index is 2.13. The highest BCUT2D eigenvalue weighted by Gasteiger charge is 2.39. The molecule has 0 saturated carbocycles. The van der Waals surface area contributed by atoms with E-state index >= 15 is 0 Å². The average Bonchev–Trinajstić information content (AvgIpc) is 2.60. The Bertz CT molecular complexity index is 547. The zero-order chi connectivity index (χ0) is 14.0. The van der Waals surface area contributed by atoms with Gasteiger partial charge in [-0.3, -0.25) is 4.90 Å². The molecule has 1 aromatic rings. The van der Waals surface area contributed by atoms with Crippen LogP contribution in [0.3, 0.4) is 0 Å². The average molecular weight is 287 g/mol. The third-order valence-electron chi connectivity index (χ3n) is 3.44. The van der Waals surface area contributed by atoms with Gasteiger partial charge < -0.3 is 5.11 Å². The summed E-state index contributed by atoms with van der Waals surface area (Å²) in [6.07, 6.45) is -0.862. The van der Waals surface area contributed by atoms with Crippen molar-refractivity contribution in [2.45, 2.75) is 25.6 Å². The minimum Gasteiger partial charge on any atom is -0.390 e. The normalized spacial score (nSPS) is 25.9. The fraction of sp³-hybridized carbons (Fsp3) is 0.538. The molecule has 0 amide bonds. The van der Waals surface area contributed by atoms with Gasteiger partial charge in [-0.25, -0.2) is 12.8 Å². The Morgan fingerprint density at radius 1 is 1.42 bits per heavy atom. The molecule has 2 atom stereocenters. The molecule has 1 aliphatic heterocycles. The second kappa shape index (κ2) is 5.56. The molecule has 2 rings (SSSR count). The van der Waals surface area contributed by atoms with E-state index in [4.69, 9.17) is 0 Å². The molecule has 106 valence electrons. The van der Waals surface area contributed by atoms with Gasteiger partial charge >= 0.3 is 0 Å². The summed E-state index contributed by atoms with van der Waals surface area (Å²) in [4.78, 5) is 1.88. The van der Waals surface area contributed by atoms with E-state index in [0.717, 1.165) is 5.56 Å². The second-order valence-electron chi connectivity index (χ2n) is 4.90. The first-order valence-electron chi connectivity index (χ1n) is 6.28. The molecule has 0 radical (unpaired) electrons. The summed E-state index contributed by atoms with van der Waals surface area (Å²) >= 11 is 0. The first kappa shape index (κ1) is 14.4. The number of sulfone groups is 1. The van der Waals surface area contributed by atoms with Crippen LogP contribution in [0.25, 0.3) is 0 Å². The van der Waals surface area contributed by atoms with Crippen LogP contribution in [0.15, 0.2) is 24.3 Å². The van der Waals surface area contributed by atoms with Crippen LogP contribution < -0.4 is 0 Å². The number of hydrogen-bond donors (Lipinski definition) is 1. The van der Waals surface area contributed by atoms with Crippen LogP contribution in [0, 0.1) is 5.82 Å². The predicted octanol–water partition coefficient (Wildman–Crippen LogP) is 0.806. The molecule has 1 N–H and O–H groups in total. The summed E-state index contributed by atoms with van der Waals surface area (Å²) < 4.78 is 36.2. The highest BCUT2D eigenvalue weighted by atomic mass is 32.2. The van der Waals surface area contributed by atoms with Crippen molar-refractivity contribution in [3.05, 3.63) is 35.6 Å². The van der Waals surface area contributed by atoms with Crippen molar-refractivity contribution >= 4 is 9.84 Å². The zero-order valence-electron chi connectivity index (χ0n) is 10.8. The topological polar surface area (TPSA) is 57.6 Å². The van der Waals surface area contributed by atoms with E-state index in [9.17, 15) is 17.9 Å². The Hall–Kier alpha value is -0.980. The molecule has 0 aliphatic carbocycles. The van der Waals surface area contributed by atoms with Crippen LogP contribution >= 0.6 is 0 Å². The summed E-state index contributed by atoms with van der Waals surface area (Å²) in [5.41, 5.74) is 0.776. The molecular formula is C13H18FNO3S. The minimum absolute atomic E-state index is 0.0304. The SMILES string of the molecule is CCN(Cc1cccc(F)c1)[C@@H]1CS(=O)(=O)C[C@H]1O. The second-order valence-corrected chi connectivity index (χ2v) is 7.06. The molecule has 4 nitrogen and oxygen atoms in total. The van der Waals surface area contributed by atoms with Crippen LogP contribution in [0.1, 0.15) is 12.5 Å². The van der Waals surface area contributed by atoms with E-state index in [0.29, 0.717) is 13.1 Å². The Morgan fingerprint density at radius 2 is 2.16 bits per heavy atom. The van der Waals surface area contributed by atoms with Crippen LogP contribution in [-0.4, -0.2) is 48.6 Å². The van der Waals surface area contributed by atoms with Crippen molar-refractivity contribution < 1.29 is 17.9 Å². The van der Waals surface area contributed by atoms with Crippen LogP contribution in [0.4, 0.5) is 4.39 Å². The zero-order valence-corrected chi connectivity index (χ0v) is 11.6. The number of likely N-dealkylation sites (N-methyl/N-ethyl adjacent to an activating group) is 1. The molecule has 1 heterocycles. The standard InChI is InChI=1S/C13H18FNO3S/c1-2-15(7-10-4-3-5-11(14)6-10)12-8-19(17,18)9-13(12)16/h3-6,12-13,16H,2,7-9H2,1H3/t12-,13-/m1/s1. The van der Waals surface area contributed by atoms with Gasteiger partial charge in [-0.05, 0) is 24.2 Å². The molecular weight excluding hydrogens is 269 g/mol. The molecule has 1 aromatic carbocycles. The van der Waals surface area contributed by atoms with Crippen molar-refractivity contribution in [1.82, 2.24) is 4.90 Å². The predicted molar refractivity (Wildman–Crippen MR) is 70.9 cm³/mol. The van der Waals surface area contributed by atoms with Crippen molar-refractivity contribution in [3.8, 4) is 0 Å². The van der Waals surface area contributed by atoms with Crippen LogP contribution in [-0.2, 0) is 16.4 Å². The van der Waals surface area contributed by atoms with Crippen molar-refractivity contribution in [1.29, 1.82) is 0 Å². The number of hydrogen-bond acceptors (Lipinski definition) is 4. The van der Waals surface area contributed by atoms with Gasteiger partial charge in [-0.15, -0.1) is 0 Å². The van der Waals surface area contributed by atoms with E-state index < -0.39 is 22.0 Å². The summed E-state index contributed by atoms with van der Waals surface area (Å²) in [5, 5.41) is 9.86. The molecule has 0 aromatic heterocycles. The Labute approximate surface area is 112 Å². The third-order valence-corrected chi connectivity index (χ3v) is 5.14. The van der Waals surface area contributed by atoms with Gasteiger partial charge in [0, 0.05) is 6.54 Å². The van der Waals surface area contributed by atoms with Crippen LogP contribution in [0.5, 0.6) is 0 Å². The monoisotopic (exact) mass is 287 g/mol. The van der Waals surface area contributed by atoms with Gasteiger partial charge in [0.25, 0.3) is 0 Å². The lowest BCUT2D eigenvalue weighted by Crippen LogP contribution is -2.42. The Kier molecular flexibility index (Phi) is 4.23. The maximum Gasteiger partial charge on any atom is 0.154 e. The van der Waals surface area contributed by atoms with Gasteiger partial charge in [0.05, 0.1) is 23.7 Å². The van der Waals surface area contributed by atoms with Gasteiger partial charge in [-0.1, -0.05) is 19.1 Å². The van der Waals surface area contributed by atoms with E-state index in [2.05, 4.69) is 0 Å². The van der Waals surface area contributed by atoms with Crippen molar-refractivity contribution in [2.24, 2.45) is 0 Å². The fourth-order valence-corrected chi connectivity index (χ4v) is 4.32. The first-order chi connectivity index (χ1) is 8.91. The molecule has 1 fully saturated rings. The number of nitrogens with zero attached hydrogens (tertiary/aromatic N) is 1. The summed E-state index contributed by atoms with van der Waals surface area (Å²) in [6.45, 7) is 2.94. The molecule has 0 bridgehead atoms. The maximum absolute atomic E-state index is 13.1. The number of aliphatic hydroxyl groups excluding tert-OH is 1. The van der Waals surface area contributed by atoms with Crippen molar-refractivity contribution in [2.75, 3.05) is 18.1 Å². The highest BCUT2D eigenvalue weighted by molar-refractivity contribution is 7.91. The van der Waals surface area contributed by atoms with E-state index in [1.54, 1.807) is 12.1 Å². The Morgan fingerprint density at radius 3 is 2.68 bits per heavy atom. The van der Waals surface area contributed by atoms with Crippen molar-refractivity contribution in [3.63, 3.8) is 0 Å². The molecule has 1 saturated heterocycles.